The predicted octanol–water partition coefficient (Wildman–Crippen LogP) is 4.28. The van der Waals surface area contributed by atoms with Crippen LogP contribution in [0, 0.1) is 5.92 Å². The third kappa shape index (κ3) is 4.34. The highest BCUT2D eigenvalue weighted by molar-refractivity contribution is 7.92. The van der Waals surface area contributed by atoms with Crippen molar-refractivity contribution in [1.82, 2.24) is 5.16 Å². The number of halogens is 2. The predicted molar refractivity (Wildman–Crippen MR) is 96.9 cm³/mol. The molecule has 0 saturated heterocycles. The van der Waals surface area contributed by atoms with Gasteiger partial charge in [0.2, 0.25) is 15.9 Å². The molecule has 1 aromatic heterocycles. The van der Waals surface area contributed by atoms with Gasteiger partial charge in [-0.3, -0.25) is 4.72 Å². The molecule has 4 rings (SSSR count). The molecule has 1 heterocycles. The van der Waals surface area contributed by atoms with Gasteiger partial charge in [-0.25, -0.2) is 17.2 Å². The van der Waals surface area contributed by atoms with E-state index in [-0.39, 0.29) is 31.2 Å². The smallest absolute Gasteiger partial charge is 0.248 e. The summed E-state index contributed by atoms with van der Waals surface area (Å²) in [6.07, 6.45) is 4.15. The lowest BCUT2D eigenvalue weighted by Gasteiger charge is -2.29. The molecule has 0 radical (unpaired) electrons. The average molecular weight is 400 g/mol. The molecule has 2 aliphatic carbocycles. The van der Waals surface area contributed by atoms with Gasteiger partial charge in [0, 0.05) is 18.9 Å². The number of hydrogen-bond acceptors (Lipinski definition) is 5. The van der Waals surface area contributed by atoms with Crippen molar-refractivity contribution in [2.45, 2.75) is 50.4 Å². The molecule has 1 atom stereocenters. The zero-order valence-corrected chi connectivity index (χ0v) is 15.8. The standard InChI is InChI=1S/C18H22F2N2O4S/c1-27(23,24)22-17-14-7-13(12-4-5-12)15(8-16(14)26-21-17)25-10-11-3-2-6-18(19,20)9-11/h7-8,11-12H,2-6,9-10H2,1H3,(H,21,22). The van der Waals surface area contributed by atoms with Gasteiger partial charge in [-0.2, -0.15) is 0 Å². The van der Waals surface area contributed by atoms with Crippen LogP contribution in [0.1, 0.15) is 50.0 Å². The number of hydrogen-bond donors (Lipinski definition) is 1. The fourth-order valence-corrected chi connectivity index (χ4v) is 4.19. The van der Waals surface area contributed by atoms with Crippen LogP contribution in [0.15, 0.2) is 16.7 Å². The average Bonchev–Trinajstić information content (AvgIpc) is 3.34. The van der Waals surface area contributed by atoms with E-state index in [0.717, 1.165) is 31.1 Å². The number of sulfonamides is 1. The Bertz CT molecular complexity index is 954. The molecule has 0 spiro atoms. The van der Waals surface area contributed by atoms with Crippen LogP contribution in [0.2, 0.25) is 0 Å². The summed E-state index contributed by atoms with van der Waals surface area (Å²) in [5.74, 6) is -1.69. The van der Waals surface area contributed by atoms with Crippen molar-refractivity contribution in [3.05, 3.63) is 17.7 Å². The van der Waals surface area contributed by atoms with Gasteiger partial charge in [0.25, 0.3) is 0 Å². The van der Waals surface area contributed by atoms with Gasteiger partial charge in [-0.05, 0) is 49.1 Å². The molecule has 148 valence electrons. The molecule has 0 bridgehead atoms. The number of rotatable bonds is 6. The normalized spacial score (nSPS) is 22.7. The minimum absolute atomic E-state index is 0.0447. The molecule has 27 heavy (non-hydrogen) atoms. The molecule has 0 amide bonds. The maximum absolute atomic E-state index is 13.6. The van der Waals surface area contributed by atoms with Gasteiger partial charge < -0.3 is 9.26 Å². The number of ether oxygens (including phenoxy) is 1. The Morgan fingerprint density at radius 2 is 2.11 bits per heavy atom. The number of aromatic nitrogens is 1. The van der Waals surface area contributed by atoms with Crippen LogP contribution in [0.3, 0.4) is 0 Å². The maximum atomic E-state index is 13.6. The fourth-order valence-electron chi connectivity index (χ4n) is 3.70. The largest absolute Gasteiger partial charge is 0.493 e. The highest BCUT2D eigenvalue weighted by atomic mass is 32.2. The lowest BCUT2D eigenvalue weighted by molar-refractivity contribution is -0.0585. The van der Waals surface area contributed by atoms with E-state index in [1.165, 1.54) is 0 Å². The quantitative estimate of drug-likeness (QED) is 0.783. The van der Waals surface area contributed by atoms with E-state index in [9.17, 15) is 17.2 Å². The molecule has 2 fully saturated rings. The Morgan fingerprint density at radius 3 is 2.78 bits per heavy atom. The Balaban J connectivity index is 1.58. The minimum atomic E-state index is -3.48. The summed E-state index contributed by atoms with van der Waals surface area (Å²) in [5.41, 5.74) is 1.35. The second kappa shape index (κ2) is 6.61. The molecule has 2 aliphatic rings. The van der Waals surface area contributed by atoms with Gasteiger partial charge >= 0.3 is 0 Å². The second-order valence-corrected chi connectivity index (χ2v) is 9.44. The van der Waals surface area contributed by atoms with Crippen molar-refractivity contribution < 1.29 is 26.5 Å². The number of nitrogens with one attached hydrogen (secondary N) is 1. The van der Waals surface area contributed by atoms with E-state index in [0.29, 0.717) is 29.1 Å². The van der Waals surface area contributed by atoms with Crippen LogP contribution < -0.4 is 9.46 Å². The van der Waals surface area contributed by atoms with Crippen molar-refractivity contribution in [2.75, 3.05) is 17.6 Å². The van der Waals surface area contributed by atoms with Crippen molar-refractivity contribution in [1.29, 1.82) is 0 Å². The monoisotopic (exact) mass is 400 g/mol. The third-order valence-electron chi connectivity index (χ3n) is 5.12. The van der Waals surface area contributed by atoms with Crippen LogP contribution in [0.25, 0.3) is 11.0 Å². The van der Waals surface area contributed by atoms with Crippen molar-refractivity contribution in [2.24, 2.45) is 5.92 Å². The summed E-state index contributed by atoms with van der Waals surface area (Å²) >= 11 is 0. The third-order valence-corrected chi connectivity index (χ3v) is 5.68. The Kier molecular flexibility index (Phi) is 4.52. The SMILES string of the molecule is CS(=O)(=O)Nc1noc2cc(OCC3CCCC(F)(F)C3)c(C3CC3)cc12. The van der Waals surface area contributed by atoms with E-state index in [2.05, 4.69) is 9.88 Å². The Labute approximate surface area is 156 Å². The summed E-state index contributed by atoms with van der Waals surface area (Å²) in [6.45, 7) is 0.239. The number of alkyl halides is 2. The molecular formula is C18H22F2N2O4S. The summed E-state index contributed by atoms with van der Waals surface area (Å²) in [7, 11) is -3.48. The molecule has 1 unspecified atom stereocenters. The molecule has 9 heteroatoms. The first-order valence-electron chi connectivity index (χ1n) is 9.12. The Hall–Kier alpha value is -1.90. The van der Waals surface area contributed by atoms with E-state index in [1.807, 2.05) is 6.07 Å². The van der Waals surface area contributed by atoms with Crippen LogP contribution in [-0.4, -0.2) is 32.4 Å². The first-order valence-corrected chi connectivity index (χ1v) is 11.0. The zero-order chi connectivity index (χ0) is 19.2. The van der Waals surface area contributed by atoms with Gasteiger partial charge in [-0.1, -0.05) is 5.16 Å². The van der Waals surface area contributed by atoms with E-state index >= 15 is 0 Å². The Morgan fingerprint density at radius 1 is 1.33 bits per heavy atom. The van der Waals surface area contributed by atoms with E-state index < -0.39 is 15.9 Å². The molecule has 1 N–H and O–H groups in total. The first kappa shape index (κ1) is 18.5. The lowest BCUT2D eigenvalue weighted by Crippen LogP contribution is -2.29. The van der Waals surface area contributed by atoms with Gasteiger partial charge in [0.1, 0.15) is 5.75 Å². The summed E-state index contributed by atoms with van der Waals surface area (Å²) in [6, 6.07) is 3.52. The molecule has 1 aromatic carbocycles. The van der Waals surface area contributed by atoms with Gasteiger partial charge in [0.05, 0.1) is 18.2 Å². The lowest BCUT2D eigenvalue weighted by atomic mass is 9.87. The van der Waals surface area contributed by atoms with Crippen LogP contribution in [0.5, 0.6) is 5.75 Å². The first-order chi connectivity index (χ1) is 12.7. The van der Waals surface area contributed by atoms with Crippen molar-refractivity contribution in [3.63, 3.8) is 0 Å². The van der Waals surface area contributed by atoms with E-state index in [1.54, 1.807) is 6.07 Å². The fraction of sp³-hybridized carbons (Fsp3) is 0.611. The number of fused-ring (bicyclic) bond motifs is 1. The molecule has 2 saturated carbocycles. The summed E-state index contributed by atoms with van der Waals surface area (Å²) < 4.78 is 63.7. The number of benzene rings is 1. The second-order valence-electron chi connectivity index (χ2n) is 7.70. The number of nitrogens with zero attached hydrogens (tertiary/aromatic N) is 1. The van der Waals surface area contributed by atoms with Crippen molar-refractivity contribution in [3.8, 4) is 5.75 Å². The number of anilines is 1. The highest BCUT2D eigenvalue weighted by Gasteiger charge is 2.37. The molecular weight excluding hydrogens is 378 g/mol. The highest BCUT2D eigenvalue weighted by Crippen LogP contribution is 2.47. The van der Waals surface area contributed by atoms with Gasteiger partial charge in [-0.15, -0.1) is 0 Å². The van der Waals surface area contributed by atoms with Crippen LogP contribution >= 0.6 is 0 Å². The van der Waals surface area contributed by atoms with Crippen LogP contribution in [0.4, 0.5) is 14.6 Å². The molecule has 2 aromatic rings. The molecule has 0 aliphatic heterocycles. The van der Waals surface area contributed by atoms with E-state index in [4.69, 9.17) is 9.26 Å². The summed E-state index contributed by atoms with van der Waals surface area (Å²) in [5, 5.41) is 4.36. The minimum Gasteiger partial charge on any atom is -0.493 e. The van der Waals surface area contributed by atoms with Crippen molar-refractivity contribution >= 4 is 26.8 Å². The zero-order valence-electron chi connectivity index (χ0n) is 15.0. The van der Waals surface area contributed by atoms with Gasteiger partial charge in [0.15, 0.2) is 11.4 Å². The summed E-state index contributed by atoms with van der Waals surface area (Å²) in [4.78, 5) is 0. The topological polar surface area (TPSA) is 81.4 Å². The molecule has 6 nitrogen and oxygen atoms in total. The van der Waals surface area contributed by atoms with Crippen LogP contribution in [-0.2, 0) is 10.0 Å². The maximum Gasteiger partial charge on any atom is 0.248 e.